The van der Waals surface area contributed by atoms with E-state index in [9.17, 15) is 9.59 Å². The van der Waals surface area contributed by atoms with Crippen LogP contribution in [0.4, 0.5) is 10.5 Å². The van der Waals surface area contributed by atoms with Gasteiger partial charge in [-0.3, -0.25) is 9.79 Å². The second-order valence-corrected chi connectivity index (χ2v) is 8.10. The summed E-state index contributed by atoms with van der Waals surface area (Å²) in [7, 11) is 0. The van der Waals surface area contributed by atoms with Gasteiger partial charge in [-0.1, -0.05) is 30.0 Å². The molecule has 0 atom stereocenters. The number of likely N-dealkylation sites (tertiary alicyclic amines) is 1. The minimum Gasteiger partial charge on any atom is -0.450 e. The zero-order valence-electron chi connectivity index (χ0n) is 16.3. The molecule has 0 aliphatic carbocycles. The minimum atomic E-state index is -0.278. The third-order valence-electron chi connectivity index (χ3n) is 5.06. The van der Waals surface area contributed by atoms with E-state index in [1.165, 1.54) is 0 Å². The lowest BCUT2D eigenvalue weighted by Gasteiger charge is -2.31. The van der Waals surface area contributed by atoms with Gasteiger partial charge in [0.15, 0.2) is 0 Å². The van der Waals surface area contributed by atoms with E-state index in [0.29, 0.717) is 25.3 Å². The molecule has 2 aliphatic heterocycles. The van der Waals surface area contributed by atoms with E-state index in [2.05, 4.69) is 16.4 Å². The Morgan fingerprint density at radius 1 is 1.17 bits per heavy atom. The van der Waals surface area contributed by atoms with Crippen LogP contribution < -0.4 is 5.32 Å². The Balaban J connectivity index is 1.40. The zero-order chi connectivity index (χ0) is 20.2. The molecule has 29 heavy (non-hydrogen) atoms. The van der Waals surface area contributed by atoms with Crippen LogP contribution in [0.1, 0.15) is 35.7 Å². The van der Waals surface area contributed by atoms with Gasteiger partial charge in [0.2, 0.25) is 0 Å². The molecular weight excluding hydrogens is 386 g/mol. The molecule has 0 saturated carbocycles. The normalized spacial score (nSPS) is 15.8. The predicted octanol–water partition coefficient (Wildman–Crippen LogP) is 4.25. The first kappa shape index (κ1) is 19.5. The molecule has 2 heterocycles. The number of fused-ring (bicyclic) bond motifs is 2. The van der Waals surface area contributed by atoms with Crippen molar-refractivity contribution in [2.75, 3.05) is 19.7 Å². The molecule has 6 nitrogen and oxygen atoms in total. The number of carbonyl (C=O) groups excluding carboxylic acids is 2. The summed E-state index contributed by atoms with van der Waals surface area (Å²) in [6, 6.07) is 13.8. The minimum absolute atomic E-state index is 0.0501. The van der Waals surface area contributed by atoms with E-state index < -0.39 is 0 Å². The van der Waals surface area contributed by atoms with Crippen molar-refractivity contribution >= 4 is 35.7 Å². The molecule has 2 amide bonds. The maximum Gasteiger partial charge on any atom is 0.409 e. The monoisotopic (exact) mass is 409 g/mol. The predicted molar refractivity (Wildman–Crippen MR) is 113 cm³/mol. The Kier molecular flexibility index (Phi) is 5.85. The number of amides is 2. The third-order valence-corrected chi connectivity index (χ3v) is 6.22. The van der Waals surface area contributed by atoms with E-state index in [-0.39, 0.29) is 18.0 Å². The van der Waals surface area contributed by atoms with Crippen LogP contribution in [0, 0.1) is 0 Å². The molecule has 1 N–H and O–H groups in total. The molecule has 0 bridgehead atoms. The van der Waals surface area contributed by atoms with Crippen LogP contribution in [-0.2, 0) is 4.74 Å². The number of hydrogen-bond acceptors (Lipinski definition) is 5. The van der Waals surface area contributed by atoms with Gasteiger partial charge in [-0.15, -0.1) is 0 Å². The average Bonchev–Trinajstić information content (AvgIpc) is 2.93. The Labute approximate surface area is 174 Å². The van der Waals surface area contributed by atoms with Gasteiger partial charge >= 0.3 is 6.09 Å². The lowest BCUT2D eigenvalue weighted by atomic mass is 10.0. The van der Waals surface area contributed by atoms with Crippen molar-refractivity contribution in [3.05, 3.63) is 53.6 Å². The summed E-state index contributed by atoms with van der Waals surface area (Å²) in [5.74, 6) is -0.107. The highest BCUT2D eigenvalue weighted by Crippen LogP contribution is 2.39. The molecule has 0 spiro atoms. The van der Waals surface area contributed by atoms with Gasteiger partial charge in [0, 0.05) is 46.3 Å². The van der Waals surface area contributed by atoms with Crippen LogP contribution in [0.25, 0.3) is 0 Å². The van der Waals surface area contributed by atoms with Gasteiger partial charge in [0.1, 0.15) is 0 Å². The van der Waals surface area contributed by atoms with E-state index in [1.807, 2.05) is 42.6 Å². The van der Waals surface area contributed by atoms with Crippen LogP contribution in [-0.4, -0.2) is 48.9 Å². The van der Waals surface area contributed by atoms with Crippen LogP contribution >= 0.6 is 11.8 Å². The Morgan fingerprint density at radius 3 is 2.76 bits per heavy atom. The average molecular weight is 410 g/mol. The third kappa shape index (κ3) is 4.45. The number of nitrogens with zero attached hydrogens (tertiary/aromatic N) is 2. The fourth-order valence-electron chi connectivity index (χ4n) is 3.47. The maximum atomic E-state index is 12.7. The first-order valence-corrected chi connectivity index (χ1v) is 10.6. The molecule has 1 saturated heterocycles. The highest BCUT2D eigenvalue weighted by atomic mass is 32.2. The van der Waals surface area contributed by atoms with Crippen LogP contribution in [0.2, 0.25) is 0 Å². The number of nitrogens with one attached hydrogen (secondary N) is 1. The smallest absolute Gasteiger partial charge is 0.409 e. The summed E-state index contributed by atoms with van der Waals surface area (Å²) in [4.78, 5) is 33.0. The summed E-state index contributed by atoms with van der Waals surface area (Å²) in [5, 5.41) is 3.09. The van der Waals surface area contributed by atoms with Crippen LogP contribution in [0.3, 0.4) is 0 Å². The first-order chi connectivity index (χ1) is 14.1. The molecule has 2 aromatic carbocycles. The van der Waals surface area contributed by atoms with Gasteiger partial charge in [0.25, 0.3) is 5.91 Å². The quantitative estimate of drug-likeness (QED) is 0.702. The Hall–Kier alpha value is -2.80. The Morgan fingerprint density at radius 2 is 1.97 bits per heavy atom. The SMILES string of the molecule is CCOC(=O)N1CCC(NC(=O)c2ccc3c(c2)N=Cc2ccccc2S3)CC1. The van der Waals surface area contributed by atoms with E-state index >= 15 is 0 Å². The van der Waals surface area contributed by atoms with Crippen molar-refractivity contribution in [1.29, 1.82) is 0 Å². The van der Waals surface area contributed by atoms with Gasteiger partial charge in [-0.25, -0.2) is 4.79 Å². The summed E-state index contributed by atoms with van der Waals surface area (Å²) in [6.07, 6.45) is 3.01. The highest BCUT2D eigenvalue weighted by molar-refractivity contribution is 7.99. The molecule has 2 aliphatic rings. The first-order valence-electron chi connectivity index (χ1n) is 9.81. The molecule has 4 rings (SSSR count). The summed E-state index contributed by atoms with van der Waals surface area (Å²) in [5.41, 5.74) is 2.48. The molecule has 1 fully saturated rings. The topological polar surface area (TPSA) is 71.0 Å². The molecule has 0 radical (unpaired) electrons. The lowest BCUT2D eigenvalue weighted by molar-refractivity contribution is 0.0860. The van der Waals surface area contributed by atoms with E-state index in [0.717, 1.165) is 33.9 Å². The molecule has 0 unspecified atom stereocenters. The lowest BCUT2D eigenvalue weighted by Crippen LogP contribution is -2.46. The fraction of sp³-hybridized carbons (Fsp3) is 0.318. The number of ether oxygens (including phenoxy) is 1. The highest BCUT2D eigenvalue weighted by Gasteiger charge is 2.25. The second kappa shape index (κ2) is 8.69. The summed E-state index contributed by atoms with van der Waals surface area (Å²) < 4.78 is 5.04. The van der Waals surface area contributed by atoms with Gasteiger partial charge < -0.3 is 15.0 Å². The molecule has 150 valence electrons. The largest absolute Gasteiger partial charge is 0.450 e. The van der Waals surface area contributed by atoms with E-state index in [1.54, 1.807) is 23.6 Å². The van der Waals surface area contributed by atoms with Crippen molar-refractivity contribution in [3.63, 3.8) is 0 Å². The molecule has 7 heteroatoms. The number of piperidine rings is 1. The van der Waals surface area contributed by atoms with Crippen LogP contribution in [0.15, 0.2) is 57.2 Å². The summed E-state index contributed by atoms with van der Waals surface area (Å²) >= 11 is 1.66. The fourth-order valence-corrected chi connectivity index (χ4v) is 4.45. The zero-order valence-corrected chi connectivity index (χ0v) is 17.1. The van der Waals surface area contributed by atoms with E-state index in [4.69, 9.17) is 4.74 Å². The van der Waals surface area contributed by atoms with Crippen molar-refractivity contribution in [1.82, 2.24) is 10.2 Å². The van der Waals surface area contributed by atoms with Crippen molar-refractivity contribution < 1.29 is 14.3 Å². The number of aliphatic imine (C=N–C) groups is 1. The van der Waals surface area contributed by atoms with Crippen molar-refractivity contribution in [2.45, 2.75) is 35.6 Å². The van der Waals surface area contributed by atoms with Gasteiger partial charge in [0.05, 0.1) is 12.3 Å². The molecule has 2 aromatic rings. The van der Waals surface area contributed by atoms with Crippen molar-refractivity contribution in [2.24, 2.45) is 4.99 Å². The number of carbonyl (C=O) groups is 2. The Bertz CT molecular complexity index is 952. The van der Waals surface area contributed by atoms with Gasteiger partial charge in [-0.2, -0.15) is 0 Å². The van der Waals surface area contributed by atoms with Gasteiger partial charge in [-0.05, 0) is 44.0 Å². The number of benzene rings is 2. The number of rotatable bonds is 3. The molecular formula is C22H23N3O3S. The maximum absolute atomic E-state index is 12.7. The number of hydrogen-bond donors (Lipinski definition) is 1. The standard InChI is InChI=1S/C22H23N3O3S/c1-2-28-22(27)25-11-9-17(10-12-25)24-21(26)15-7-8-20-18(13-15)23-14-16-5-3-4-6-19(16)29-20/h3-8,13-14,17H,2,9-12H2,1H3,(H,24,26). The molecule has 0 aromatic heterocycles. The van der Waals surface area contributed by atoms with Crippen LogP contribution in [0.5, 0.6) is 0 Å². The second-order valence-electron chi connectivity index (χ2n) is 7.01. The summed E-state index contributed by atoms with van der Waals surface area (Å²) in [6.45, 7) is 3.35. The van der Waals surface area contributed by atoms with Crippen molar-refractivity contribution in [3.8, 4) is 0 Å².